The minimum atomic E-state index is 0.214. The second-order valence-corrected chi connectivity index (χ2v) is 5.55. The molecule has 1 heterocycles. The van der Waals surface area contributed by atoms with Gasteiger partial charge in [0.15, 0.2) is 0 Å². The summed E-state index contributed by atoms with van der Waals surface area (Å²) in [6.45, 7) is 10.5. The topological polar surface area (TPSA) is 38.5 Å². The quantitative estimate of drug-likeness (QED) is 0.726. The van der Waals surface area contributed by atoms with Crippen LogP contribution in [-0.4, -0.2) is 42.8 Å². The predicted octanol–water partition coefficient (Wildman–Crippen LogP) is 2.79. The van der Waals surface area contributed by atoms with Gasteiger partial charge in [0.05, 0.1) is 6.10 Å². The van der Waals surface area contributed by atoms with Crippen LogP contribution in [0.3, 0.4) is 0 Å². The van der Waals surface area contributed by atoms with Crippen LogP contribution in [0.1, 0.15) is 59.3 Å². The zero-order valence-corrected chi connectivity index (χ0v) is 12.6. The summed E-state index contributed by atoms with van der Waals surface area (Å²) in [5, 5.41) is 0. The lowest BCUT2D eigenvalue weighted by Crippen LogP contribution is -2.57. The summed E-state index contributed by atoms with van der Waals surface area (Å²) in [7, 11) is 0. The van der Waals surface area contributed by atoms with E-state index < -0.39 is 0 Å². The molecule has 108 valence electrons. The highest BCUT2D eigenvalue weighted by atomic mass is 16.5. The summed E-state index contributed by atoms with van der Waals surface area (Å²) >= 11 is 0. The zero-order valence-electron chi connectivity index (χ0n) is 12.6. The molecule has 1 saturated heterocycles. The number of unbranched alkanes of at least 4 members (excludes halogenated alkanes) is 1. The highest BCUT2D eigenvalue weighted by molar-refractivity contribution is 4.93. The number of nitrogens with two attached hydrogens (primary N) is 1. The molecule has 2 atom stereocenters. The van der Waals surface area contributed by atoms with Crippen molar-refractivity contribution in [1.29, 1.82) is 0 Å². The maximum absolute atomic E-state index is 6.13. The Labute approximate surface area is 113 Å². The molecule has 0 saturated carbocycles. The lowest BCUT2D eigenvalue weighted by atomic mass is 9.86. The van der Waals surface area contributed by atoms with Crippen molar-refractivity contribution in [2.75, 3.05) is 26.2 Å². The van der Waals surface area contributed by atoms with Crippen molar-refractivity contribution in [1.82, 2.24) is 4.90 Å². The molecule has 0 aromatic rings. The number of hydrogen-bond donors (Lipinski definition) is 1. The Bertz CT molecular complexity index is 215. The Morgan fingerprint density at radius 3 is 2.67 bits per heavy atom. The van der Waals surface area contributed by atoms with Crippen LogP contribution in [0, 0.1) is 0 Å². The van der Waals surface area contributed by atoms with Crippen LogP contribution in [0.25, 0.3) is 0 Å². The Kier molecular flexibility index (Phi) is 7.20. The van der Waals surface area contributed by atoms with E-state index in [1.54, 1.807) is 0 Å². The Balaban J connectivity index is 2.65. The second-order valence-electron chi connectivity index (χ2n) is 5.55. The molecule has 1 aliphatic heterocycles. The molecule has 0 bridgehead atoms. The summed E-state index contributed by atoms with van der Waals surface area (Å²) in [5.74, 6) is 0. The van der Waals surface area contributed by atoms with E-state index in [9.17, 15) is 0 Å². The van der Waals surface area contributed by atoms with Crippen molar-refractivity contribution < 1.29 is 4.74 Å². The second kappa shape index (κ2) is 8.13. The van der Waals surface area contributed by atoms with E-state index in [0.29, 0.717) is 6.10 Å². The fourth-order valence-electron chi connectivity index (χ4n) is 3.18. The molecule has 0 aromatic heterocycles. The summed E-state index contributed by atoms with van der Waals surface area (Å²) < 4.78 is 5.82. The van der Waals surface area contributed by atoms with Crippen LogP contribution in [-0.2, 0) is 4.74 Å². The van der Waals surface area contributed by atoms with E-state index >= 15 is 0 Å². The Morgan fingerprint density at radius 2 is 2.11 bits per heavy atom. The van der Waals surface area contributed by atoms with Crippen LogP contribution in [0.5, 0.6) is 0 Å². The third kappa shape index (κ3) is 3.94. The molecule has 1 rings (SSSR count). The fraction of sp³-hybridized carbons (Fsp3) is 1.00. The van der Waals surface area contributed by atoms with Crippen molar-refractivity contribution in [2.24, 2.45) is 5.73 Å². The van der Waals surface area contributed by atoms with Gasteiger partial charge in [0.1, 0.15) is 0 Å². The number of rotatable bonds is 8. The standard InChI is InChI=1S/C15H32N2O/c1-4-7-10-15(5-2,13-16)17-11-8-9-14(12-17)18-6-3/h14H,4-13,16H2,1-3H3. The smallest absolute Gasteiger partial charge is 0.0702 e. The van der Waals surface area contributed by atoms with E-state index in [1.807, 2.05) is 0 Å². The van der Waals surface area contributed by atoms with Gasteiger partial charge in [0.25, 0.3) is 0 Å². The van der Waals surface area contributed by atoms with Crippen molar-refractivity contribution in [3.8, 4) is 0 Å². The molecular formula is C15H32N2O. The van der Waals surface area contributed by atoms with Crippen molar-refractivity contribution >= 4 is 0 Å². The van der Waals surface area contributed by atoms with E-state index in [2.05, 4.69) is 25.7 Å². The van der Waals surface area contributed by atoms with Crippen LogP contribution >= 0.6 is 0 Å². The van der Waals surface area contributed by atoms with E-state index in [0.717, 1.165) is 26.1 Å². The fourth-order valence-corrected chi connectivity index (χ4v) is 3.18. The van der Waals surface area contributed by atoms with Gasteiger partial charge in [-0.15, -0.1) is 0 Å². The van der Waals surface area contributed by atoms with Crippen LogP contribution in [0.15, 0.2) is 0 Å². The van der Waals surface area contributed by atoms with Gasteiger partial charge in [-0.05, 0) is 39.2 Å². The molecule has 2 N–H and O–H groups in total. The minimum Gasteiger partial charge on any atom is -0.377 e. The first-order chi connectivity index (χ1) is 8.72. The molecule has 0 spiro atoms. The molecule has 1 aliphatic rings. The Hall–Kier alpha value is -0.120. The van der Waals surface area contributed by atoms with Gasteiger partial charge in [-0.2, -0.15) is 0 Å². The number of hydrogen-bond acceptors (Lipinski definition) is 3. The zero-order chi connectivity index (χ0) is 13.4. The number of nitrogens with zero attached hydrogens (tertiary/aromatic N) is 1. The van der Waals surface area contributed by atoms with Gasteiger partial charge in [0.2, 0.25) is 0 Å². The van der Waals surface area contributed by atoms with Gasteiger partial charge in [0, 0.05) is 25.2 Å². The molecule has 3 nitrogen and oxygen atoms in total. The largest absolute Gasteiger partial charge is 0.377 e. The van der Waals surface area contributed by atoms with Crippen LogP contribution in [0.2, 0.25) is 0 Å². The average molecular weight is 256 g/mol. The number of likely N-dealkylation sites (tertiary alicyclic amines) is 1. The lowest BCUT2D eigenvalue weighted by Gasteiger charge is -2.47. The summed E-state index contributed by atoms with van der Waals surface area (Å²) in [5.41, 5.74) is 6.34. The molecule has 2 unspecified atom stereocenters. The molecular weight excluding hydrogens is 224 g/mol. The van der Waals surface area contributed by atoms with Gasteiger partial charge in [-0.1, -0.05) is 26.7 Å². The maximum Gasteiger partial charge on any atom is 0.0702 e. The van der Waals surface area contributed by atoms with E-state index in [4.69, 9.17) is 10.5 Å². The van der Waals surface area contributed by atoms with E-state index in [-0.39, 0.29) is 5.54 Å². The molecule has 18 heavy (non-hydrogen) atoms. The highest BCUT2D eigenvalue weighted by Crippen LogP contribution is 2.29. The third-order valence-electron chi connectivity index (χ3n) is 4.49. The first kappa shape index (κ1) is 15.9. The van der Waals surface area contributed by atoms with E-state index in [1.165, 1.54) is 38.6 Å². The summed E-state index contributed by atoms with van der Waals surface area (Å²) in [6, 6.07) is 0. The van der Waals surface area contributed by atoms with Gasteiger partial charge >= 0.3 is 0 Å². The van der Waals surface area contributed by atoms with Gasteiger partial charge < -0.3 is 10.5 Å². The van der Waals surface area contributed by atoms with Crippen molar-refractivity contribution in [3.05, 3.63) is 0 Å². The molecule has 0 aromatic carbocycles. The summed E-state index contributed by atoms with van der Waals surface area (Å²) in [6.07, 6.45) is 7.80. The molecule has 3 heteroatoms. The minimum absolute atomic E-state index is 0.214. The number of piperidine rings is 1. The monoisotopic (exact) mass is 256 g/mol. The molecule has 0 radical (unpaired) electrons. The predicted molar refractivity (Wildman–Crippen MR) is 77.8 cm³/mol. The Morgan fingerprint density at radius 1 is 1.33 bits per heavy atom. The normalized spacial score (nSPS) is 25.0. The average Bonchev–Trinajstić information content (AvgIpc) is 2.41. The molecule has 1 fully saturated rings. The van der Waals surface area contributed by atoms with Crippen LogP contribution < -0.4 is 5.73 Å². The molecule has 0 amide bonds. The lowest BCUT2D eigenvalue weighted by molar-refractivity contribution is -0.0370. The van der Waals surface area contributed by atoms with Gasteiger partial charge in [-0.3, -0.25) is 4.90 Å². The van der Waals surface area contributed by atoms with Crippen molar-refractivity contribution in [3.63, 3.8) is 0 Å². The maximum atomic E-state index is 6.13. The summed E-state index contributed by atoms with van der Waals surface area (Å²) in [4.78, 5) is 2.62. The SMILES string of the molecule is CCCCC(CC)(CN)N1CCCC(OCC)C1. The number of ether oxygens (including phenoxy) is 1. The first-order valence-electron chi connectivity index (χ1n) is 7.79. The van der Waals surface area contributed by atoms with Crippen LogP contribution in [0.4, 0.5) is 0 Å². The third-order valence-corrected chi connectivity index (χ3v) is 4.49. The van der Waals surface area contributed by atoms with Crippen molar-refractivity contribution in [2.45, 2.75) is 70.9 Å². The molecule has 0 aliphatic carbocycles. The highest BCUT2D eigenvalue weighted by Gasteiger charge is 2.36. The first-order valence-corrected chi connectivity index (χ1v) is 7.79. The van der Waals surface area contributed by atoms with Gasteiger partial charge in [-0.25, -0.2) is 0 Å².